The van der Waals surface area contributed by atoms with Gasteiger partial charge in [-0.2, -0.15) is 0 Å². The number of rotatable bonds is 6. The summed E-state index contributed by atoms with van der Waals surface area (Å²) >= 11 is 0. The van der Waals surface area contributed by atoms with Crippen molar-refractivity contribution in [2.45, 2.75) is 95.0 Å². The summed E-state index contributed by atoms with van der Waals surface area (Å²) in [6, 6.07) is -1.21. The van der Waals surface area contributed by atoms with Gasteiger partial charge >= 0.3 is 0 Å². The van der Waals surface area contributed by atoms with E-state index in [0.29, 0.717) is 12.8 Å². The topological polar surface area (TPSA) is 108 Å². The SMILES string of the molecule is CC[C@@H](CO)N1C(=O)[C@@H]2[C@@H](C(=O)NC)[C@]3(C)OC2(CC3C)C1C(=O)NC1CCCCC1. The molecule has 1 aliphatic carbocycles. The van der Waals surface area contributed by atoms with Crippen molar-refractivity contribution in [2.75, 3.05) is 13.7 Å². The molecule has 4 fully saturated rings. The van der Waals surface area contributed by atoms with Crippen LogP contribution in [0.25, 0.3) is 0 Å². The van der Waals surface area contributed by atoms with Crippen molar-refractivity contribution in [1.29, 1.82) is 0 Å². The lowest BCUT2D eigenvalue weighted by Gasteiger charge is -2.37. The van der Waals surface area contributed by atoms with Crippen molar-refractivity contribution in [2.24, 2.45) is 17.8 Å². The molecule has 2 bridgehead atoms. The van der Waals surface area contributed by atoms with E-state index in [0.717, 1.165) is 25.7 Å². The predicted molar refractivity (Wildman–Crippen MR) is 114 cm³/mol. The van der Waals surface area contributed by atoms with Gasteiger partial charge in [0.15, 0.2) is 0 Å². The van der Waals surface area contributed by atoms with Crippen molar-refractivity contribution in [1.82, 2.24) is 15.5 Å². The largest absolute Gasteiger partial charge is 0.394 e. The standard InChI is InChI=1S/C23H37N3O5/c1-5-15(12-27)26-18(20(29)25-14-9-7-6-8-10-14)23-11-13(2)22(3,31-23)16(19(28)24-4)17(23)21(26)30/h13-18,27H,5-12H2,1-4H3,(H,24,28)(H,25,29)/t13?,15-,16-,17-,18?,22+,23?/m0/s1. The summed E-state index contributed by atoms with van der Waals surface area (Å²) in [4.78, 5) is 42.0. The minimum atomic E-state index is -1.04. The van der Waals surface area contributed by atoms with E-state index in [1.54, 1.807) is 11.9 Å². The number of ether oxygens (including phenoxy) is 1. The Morgan fingerprint density at radius 3 is 2.52 bits per heavy atom. The van der Waals surface area contributed by atoms with E-state index in [1.807, 2.05) is 20.8 Å². The summed E-state index contributed by atoms with van der Waals surface area (Å²) in [6.45, 7) is 5.61. The Labute approximate surface area is 184 Å². The fourth-order valence-corrected chi connectivity index (χ4v) is 6.87. The van der Waals surface area contributed by atoms with Gasteiger partial charge in [0.25, 0.3) is 0 Å². The average Bonchev–Trinajstić information content (AvgIpc) is 3.27. The number of carbonyl (C=O) groups excluding carboxylic acids is 3. The minimum Gasteiger partial charge on any atom is -0.394 e. The maximum atomic E-state index is 13.8. The molecule has 0 aromatic carbocycles. The lowest BCUT2D eigenvalue weighted by Crippen LogP contribution is -2.59. The lowest BCUT2D eigenvalue weighted by atomic mass is 9.62. The number of aliphatic hydroxyl groups is 1. The molecule has 4 aliphatic rings. The van der Waals surface area contributed by atoms with Crippen molar-refractivity contribution < 1.29 is 24.2 Å². The minimum absolute atomic E-state index is 0.0259. The van der Waals surface area contributed by atoms with Gasteiger partial charge < -0.3 is 25.4 Å². The summed E-state index contributed by atoms with van der Waals surface area (Å²) in [5.74, 6) is -2.01. The van der Waals surface area contributed by atoms with Crippen LogP contribution in [0.15, 0.2) is 0 Å². The molecule has 3 amide bonds. The highest BCUT2D eigenvalue weighted by Crippen LogP contribution is 2.65. The van der Waals surface area contributed by atoms with Crippen molar-refractivity contribution in [3.63, 3.8) is 0 Å². The number of hydrogen-bond acceptors (Lipinski definition) is 5. The molecule has 0 aromatic heterocycles. The number of aliphatic hydroxyl groups excluding tert-OH is 1. The van der Waals surface area contributed by atoms with Gasteiger partial charge in [-0.15, -0.1) is 0 Å². The van der Waals surface area contributed by atoms with Crippen LogP contribution in [0, 0.1) is 17.8 Å². The van der Waals surface area contributed by atoms with Gasteiger partial charge in [0, 0.05) is 13.1 Å². The van der Waals surface area contributed by atoms with Gasteiger partial charge in [-0.25, -0.2) is 0 Å². The first-order chi connectivity index (χ1) is 14.7. The fourth-order valence-electron chi connectivity index (χ4n) is 6.87. The molecule has 3 saturated heterocycles. The zero-order valence-electron chi connectivity index (χ0n) is 19.1. The molecule has 1 spiro atoms. The Morgan fingerprint density at radius 1 is 1.26 bits per heavy atom. The summed E-state index contributed by atoms with van der Waals surface area (Å²) in [5, 5.41) is 15.9. The molecule has 8 nitrogen and oxygen atoms in total. The second kappa shape index (κ2) is 8.03. The van der Waals surface area contributed by atoms with Crippen LogP contribution in [0.2, 0.25) is 0 Å². The Morgan fingerprint density at radius 2 is 1.94 bits per heavy atom. The highest BCUT2D eigenvalue weighted by Gasteiger charge is 2.80. The number of nitrogens with zero attached hydrogens (tertiary/aromatic N) is 1. The fraction of sp³-hybridized carbons (Fsp3) is 0.870. The number of fused-ring (bicyclic) bond motifs is 1. The summed E-state index contributed by atoms with van der Waals surface area (Å²) in [7, 11) is 1.57. The zero-order chi connectivity index (χ0) is 22.6. The molecule has 4 rings (SSSR count). The smallest absolute Gasteiger partial charge is 0.246 e. The van der Waals surface area contributed by atoms with Crippen LogP contribution >= 0.6 is 0 Å². The molecule has 3 unspecified atom stereocenters. The molecule has 7 atom stereocenters. The predicted octanol–water partition coefficient (Wildman–Crippen LogP) is 0.963. The van der Waals surface area contributed by atoms with E-state index in [2.05, 4.69) is 10.6 Å². The number of carbonyl (C=O) groups is 3. The third-order valence-electron chi connectivity index (χ3n) is 8.56. The van der Waals surface area contributed by atoms with Gasteiger partial charge in [0.1, 0.15) is 11.6 Å². The van der Waals surface area contributed by atoms with Gasteiger partial charge in [0.2, 0.25) is 17.7 Å². The summed E-state index contributed by atoms with van der Waals surface area (Å²) in [6.07, 6.45) is 6.31. The van der Waals surface area contributed by atoms with Crippen LogP contribution < -0.4 is 10.6 Å². The molecular formula is C23H37N3O5. The maximum absolute atomic E-state index is 13.8. The van der Waals surface area contributed by atoms with Crippen LogP contribution in [0.3, 0.4) is 0 Å². The summed E-state index contributed by atoms with van der Waals surface area (Å²) in [5.41, 5.74) is -1.83. The molecule has 1 saturated carbocycles. The molecule has 3 heterocycles. The van der Waals surface area contributed by atoms with E-state index in [-0.39, 0.29) is 36.3 Å². The molecule has 174 valence electrons. The average molecular weight is 436 g/mol. The second-order valence-corrected chi connectivity index (χ2v) is 10.2. The first-order valence-corrected chi connectivity index (χ1v) is 11.9. The third-order valence-corrected chi connectivity index (χ3v) is 8.56. The molecule has 0 aromatic rings. The van der Waals surface area contributed by atoms with Crippen molar-refractivity contribution in [3.05, 3.63) is 0 Å². The molecular weight excluding hydrogens is 398 g/mol. The van der Waals surface area contributed by atoms with Crippen molar-refractivity contribution >= 4 is 17.7 Å². The van der Waals surface area contributed by atoms with E-state index >= 15 is 0 Å². The zero-order valence-corrected chi connectivity index (χ0v) is 19.1. The Balaban J connectivity index is 1.76. The van der Waals surface area contributed by atoms with E-state index in [4.69, 9.17) is 4.74 Å². The van der Waals surface area contributed by atoms with Gasteiger partial charge in [-0.3, -0.25) is 14.4 Å². The second-order valence-electron chi connectivity index (χ2n) is 10.2. The first-order valence-electron chi connectivity index (χ1n) is 11.9. The lowest BCUT2D eigenvalue weighted by molar-refractivity contribution is -0.151. The number of likely N-dealkylation sites (tertiary alicyclic amines) is 1. The Hall–Kier alpha value is -1.67. The van der Waals surface area contributed by atoms with E-state index in [9.17, 15) is 19.5 Å². The highest BCUT2D eigenvalue weighted by atomic mass is 16.5. The van der Waals surface area contributed by atoms with Crippen LogP contribution in [0.5, 0.6) is 0 Å². The first kappa shape index (κ1) is 22.5. The third kappa shape index (κ3) is 3.12. The molecule has 0 radical (unpaired) electrons. The Bertz CT molecular complexity index is 749. The van der Waals surface area contributed by atoms with E-state index < -0.39 is 35.1 Å². The van der Waals surface area contributed by atoms with Crippen LogP contribution in [-0.2, 0) is 19.1 Å². The van der Waals surface area contributed by atoms with Gasteiger partial charge in [0.05, 0.1) is 30.1 Å². The molecule has 31 heavy (non-hydrogen) atoms. The highest BCUT2D eigenvalue weighted by molar-refractivity contribution is 5.99. The van der Waals surface area contributed by atoms with Crippen molar-refractivity contribution in [3.8, 4) is 0 Å². The number of nitrogens with one attached hydrogen (secondary N) is 2. The molecule has 3 N–H and O–H groups in total. The van der Waals surface area contributed by atoms with Gasteiger partial charge in [-0.1, -0.05) is 33.1 Å². The monoisotopic (exact) mass is 435 g/mol. The van der Waals surface area contributed by atoms with Crippen LogP contribution in [-0.4, -0.2) is 70.7 Å². The summed E-state index contributed by atoms with van der Waals surface area (Å²) < 4.78 is 6.62. The van der Waals surface area contributed by atoms with Crippen LogP contribution in [0.4, 0.5) is 0 Å². The number of hydrogen-bond donors (Lipinski definition) is 3. The normalized spacial score (nSPS) is 40.7. The maximum Gasteiger partial charge on any atom is 0.246 e. The van der Waals surface area contributed by atoms with Gasteiger partial charge in [-0.05, 0) is 38.5 Å². The number of amides is 3. The quantitative estimate of drug-likeness (QED) is 0.576. The molecule has 3 aliphatic heterocycles. The van der Waals surface area contributed by atoms with E-state index in [1.165, 1.54) is 6.42 Å². The Kier molecular flexibility index (Phi) is 5.83. The molecule has 8 heteroatoms. The van der Waals surface area contributed by atoms with Crippen LogP contribution in [0.1, 0.15) is 65.7 Å².